The van der Waals surface area contributed by atoms with Crippen molar-refractivity contribution in [1.29, 1.82) is 0 Å². The Morgan fingerprint density at radius 2 is 1.78 bits per heavy atom. The van der Waals surface area contributed by atoms with E-state index in [1.165, 1.54) is 6.07 Å². The molecule has 27 heavy (non-hydrogen) atoms. The summed E-state index contributed by atoms with van der Waals surface area (Å²) < 4.78 is 13.6. The minimum atomic E-state index is -0.200. The first kappa shape index (κ1) is 18.6. The highest BCUT2D eigenvalue weighted by atomic mass is 19.1. The molecule has 0 atom stereocenters. The average Bonchev–Trinajstić information content (AvgIpc) is 2.71. The number of aromatic nitrogens is 1. The molecule has 0 spiro atoms. The van der Waals surface area contributed by atoms with Crippen molar-refractivity contribution in [2.45, 2.75) is 13.3 Å². The van der Waals surface area contributed by atoms with Crippen LogP contribution in [0.1, 0.15) is 22.8 Å². The summed E-state index contributed by atoms with van der Waals surface area (Å²) in [6.45, 7) is 3.08. The van der Waals surface area contributed by atoms with E-state index in [4.69, 9.17) is 0 Å². The predicted octanol–water partition coefficient (Wildman–Crippen LogP) is 4.54. The Morgan fingerprint density at radius 3 is 2.44 bits per heavy atom. The van der Waals surface area contributed by atoms with Gasteiger partial charge in [-0.15, -0.1) is 0 Å². The third-order valence-corrected chi connectivity index (χ3v) is 4.30. The van der Waals surface area contributed by atoms with Crippen molar-refractivity contribution in [3.8, 4) is 0 Å². The highest BCUT2D eigenvalue weighted by Gasteiger charge is 2.16. The lowest BCUT2D eigenvalue weighted by molar-refractivity contribution is 0.0988. The van der Waals surface area contributed by atoms with Gasteiger partial charge in [0.15, 0.2) is 0 Å². The molecule has 0 aliphatic carbocycles. The van der Waals surface area contributed by atoms with Crippen molar-refractivity contribution in [2.24, 2.45) is 0 Å². The lowest BCUT2D eigenvalue weighted by Crippen LogP contribution is -2.30. The number of hydrogen-bond donors (Lipinski definition) is 1. The molecule has 2 aromatic carbocycles. The fourth-order valence-corrected chi connectivity index (χ4v) is 2.86. The first-order chi connectivity index (χ1) is 13.2. The van der Waals surface area contributed by atoms with Gasteiger partial charge < -0.3 is 10.2 Å². The number of halogens is 1. The quantitative estimate of drug-likeness (QED) is 0.670. The molecule has 1 heterocycles. The summed E-state index contributed by atoms with van der Waals surface area (Å²) in [5, 5.41) is 3.16. The van der Waals surface area contributed by atoms with Crippen LogP contribution < -0.4 is 10.2 Å². The molecule has 0 saturated heterocycles. The van der Waals surface area contributed by atoms with E-state index in [1.54, 1.807) is 35.4 Å². The van der Waals surface area contributed by atoms with Crippen molar-refractivity contribution >= 4 is 17.4 Å². The molecule has 3 rings (SSSR count). The van der Waals surface area contributed by atoms with Crippen LogP contribution in [0.3, 0.4) is 0 Å². The molecule has 5 heteroatoms. The maximum absolute atomic E-state index is 13.6. The highest BCUT2D eigenvalue weighted by Crippen LogP contribution is 2.17. The first-order valence-electron chi connectivity index (χ1n) is 8.99. The lowest BCUT2D eigenvalue weighted by Gasteiger charge is -2.21. The van der Waals surface area contributed by atoms with Gasteiger partial charge in [0.2, 0.25) is 0 Å². The lowest BCUT2D eigenvalue weighted by atomic mass is 10.1. The van der Waals surface area contributed by atoms with Gasteiger partial charge in [0, 0.05) is 25.0 Å². The highest BCUT2D eigenvalue weighted by molar-refractivity contribution is 6.05. The maximum Gasteiger partial charge on any atom is 0.259 e. The van der Waals surface area contributed by atoms with Crippen LogP contribution in [-0.2, 0) is 6.42 Å². The van der Waals surface area contributed by atoms with Gasteiger partial charge in [-0.25, -0.2) is 9.37 Å². The zero-order chi connectivity index (χ0) is 19.1. The van der Waals surface area contributed by atoms with Gasteiger partial charge in [-0.1, -0.05) is 36.4 Å². The fraction of sp³-hybridized carbons (Fsp3) is 0.182. The number of amides is 1. The third kappa shape index (κ3) is 4.70. The standard InChI is InChI=1S/C22H22FN3O/c1-2-26(19-9-4-3-5-10-19)22(27)18-12-13-21(25-16-18)24-15-14-17-8-6-7-11-20(17)23/h3-13,16H,2,14-15H2,1H3,(H,24,25). The normalized spacial score (nSPS) is 10.4. The molecule has 1 aromatic heterocycles. The number of nitrogens with one attached hydrogen (secondary N) is 1. The molecule has 1 amide bonds. The van der Waals surface area contributed by atoms with Crippen molar-refractivity contribution in [1.82, 2.24) is 4.98 Å². The monoisotopic (exact) mass is 363 g/mol. The zero-order valence-corrected chi connectivity index (χ0v) is 15.2. The van der Waals surface area contributed by atoms with Crippen molar-refractivity contribution in [2.75, 3.05) is 23.3 Å². The number of benzene rings is 2. The van der Waals surface area contributed by atoms with E-state index in [0.717, 1.165) is 5.69 Å². The second kappa shape index (κ2) is 8.94. The Kier molecular flexibility index (Phi) is 6.15. The van der Waals surface area contributed by atoms with E-state index in [1.807, 2.05) is 43.3 Å². The van der Waals surface area contributed by atoms with Crippen molar-refractivity contribution in [3.63, 3.8) is 0 Å². The number of anilines is 2. The Labute approximate surface area is 158 Å². The number of nitrogens with zero attached hydrogens (tertiary/aromatic N) is 2. The van der Waals surface area contributed by atoms with Crippen LogP contribution in [0.5, 0.6) is 0 Å². The minimum Gasteiger partial charge on any atom is -0.370 e. The SMILES string of the molecule is CCN(C(=O)c1ccc(NCCc2ccccc2F)nc1)c1ccccc1. The number of carbonyl (C=O) groups excluding carboxylic acids is 1. The van der Waals surface area contributed by atoms with Gasteiger partial charge in [0.25, 0.3) is 5.91 Å². The summed E-state index contributed by atoms with van der Waals surface area (Å²) in [6, 6.07) is 19.8. The van der Waals surface area contributed by atoms with E-state index in [9.17, 15) is 9.18 Å². The molecule has 0 saturated carbocycles. The summed E-state index contributed by atoms with van der Waals surface area (Å²) in [7, 11) is 0. The molecule has 0 aliphatic heterocycles. The molecule has 3 aromatic rings. The van der Waals surface area contributed by atoms with E-state index < -0.39 is 0 Å². The predicted molar refractivity (Wildman–Crippen MR) is 107 cm³/mol. The molecule has 138 valence electrons. The second-order valence-electron chi connectivity index (χ2n) is 6.09. The number of para-hydroxylation sites is 1. The number of carbonyl (C=O) groups is 1. The number of rotatable bonds is 7. The number of hydrogen-bond acceptors (Lipinski definition) is 3. The van der Waals surface area contributed by atoms with Crippen molar-refractivity contribution < 1.29 is 9.18 Å². The molecule has 1 N–H and O–H groups in total. The van der Waals surface area contributed by atoms with Gasteiger partial charge in [-0.2, -0.15) is 0 Å². The van der Waals surface area contributed by atoms with E-state index in [2.05, 4.69) is 10.3 Å². The molecule has 4 nitrogen and oxygen atoms in total. The average molecular weight is 363 g/mol. The summed E-state index contributed by atoms with van der Waals surface area (Å²) in [5.41, 5.74) is 2.05. The third-order valence-electron chi connectivity index (χ3n) is 4.30. The summed E-state index contributed by atoms with van der Waals surface area (Å²) in [6.07, 6.45) is 2.13. The molecule has 0 bridgehead atoms. The van der Waals surface area contributed by atoms with E-state index >= 15 is 0 Å². The topological polar surface area (TPSA) is 45.2 Å². The number of pyridine rings is 1. The van der Waals surface area contributed by atoms with Gasteiger partial charge in [-0.3, -0.25) is 4.79 Å². The summed E-state index contributed by atoms with van der Waals surface area (Å²) >= 11 is 0. The summed E-state index contributed by atoms with van der Waals surface area (Å²) in [5.74, 6) is 0.369. The van der Waals surface area contributed by atoms with Gasteiger partial charge in [0.05, 0.1) is 5.56 Å². The zero-order valence-electron chi connectivity index (χ0n) is 15.2. The molecule has 0 radical (unpaired) electrons. The van der Waals surface area contributed by atoms with Crippen LogP contribution in [0.2, 0.25) is 0 Å². The Balaban J connectivity index is 1.61. The maximum atomic E-state index is 13.6. The molecular formula is C22H22FN3O. The Bertz CT molecular complexity index is 882. The smallest absolute Gasteiger partial charge is 0.259 e. The van der Waals surface area contributed by atoms with Gasteiger partial charge >= 0.3 is 0 Å². The Hall–Kier alpha value is -3.21. The van der Waals surface area contributed by atoms with Gasteiger partial charge in [0.1, 0.15) is 11.6 Å². The fourth-order valence-electron chi connectivity index (χ4n) is 2.86. The largest absolute Gasteiger partial charge is 0.370 e. The van der Waals surface area contributed by atoms with Crippen LogP contribution in [0, 0.1) is 5.82 Å². The molecule has 0 fully saturated rings. The molecule has 0 aliphatic rings. The minimum absolute atomic E-state index is 0.0888. The van der Waals surface area contributed by atoms with E-state index in [-0.39, 0.29) is 11.7 Å². The Morgan fingerprint density at radius 1 is 1.04 bits per heavy atom. The first-order valence-corrected chi connectivity index (χ1v) is 8.99. The van der Waals surface area contributed by atoms with Crippen LogP contribution in [0.15, 0.2) is 72.9 Å². The summed E-state index contributed by atoms with van der Waals surface area (Å²) in [4.78, 5) is 18.8. The van der Waals surface area contributed by atoms with Crippen molar-refractivity contribution in [3.05, 3.63) is 89.9 Å². The van der Waals surface area contributed by atoms with Crippen LogP contribution >= 0.6 is 0 Å². The van der Waals surface area contributed by atoms with E-state index in [0.29, 0.717) is 36.5 Å². The van der Waals surface area contributed by atoms with Crippen LogP contribution in [0.25, 0.3) is 0 Å². The molecular weight excluding hydrogens is 341 g/mol. The molecule has 0 unspecified atom stereocenters. The van der Waals surface area contributed by atoms with Crippen LogP contribution in [0.4, 0.5) is 15.9 Å². The van der Waals surface area contributed by atoms with Gasteiger partial charge in [-0.05, 0) is 49.2 Å². The second-order valence-corrected chi connectivity index (χ2v) is 6.09. The van der Waals surface area contributed by atoms with Crippen LogP contribution in [-0.4, -0.2) is 24.0 Å².